The Bertz CT molecular complexity index is 2010. The van der Waals surface area contributed by atoms with Crippen LogP contribution in [0.3, 0.4) is 0 Å². The van der Waals surface area contributed by atoms with Crippen molar-refractivity contribution in [2.45, 2.75) is 9.79 Å². The molecular weight excluding hydrogens is 554 g/mol. The number of nitrogens with two attached hydrogens (primary N) is 1. The van der Waals surface area contributed by atoms with Crippen molar-refractivity contribution >= 4 is 48.8 Å². The fourth-order valence-corrected chi connectivity index (χ4v) is 5.55. The topological polar surface area (TPSA) is 244 Å². The van der Waals surface area contributed by atoms with Crippen LogP contribution in [0.25, 0.3) is 33.4 Å². The van der Waals surface area contributed by atoms with Crippen LogP contribution in [-0.4, -0.2) is 49.5 Å². The van der Waals surface area contributed by atoms with E-state index in [9.17, 15) is 40.6 Å². The summed E-state index contributed by atoms with van der Waals surface area (Å²) in [5.74, 6) is -0.854. The van der Waals surface area contributed by atoms with Crippen LogP contribution >= 0.6 is 0 Å². The Morgan fingerprint density at radius 1 is 1.03 bits per heavy atom. The number of fused-ring (bicyclic) bond motifs is 2. The summed E-state index contributed by atoms with van der Waals surface area (Å²) in [6.07, 6.45) is 5.13. The van der Waals surface area contributed by atoms with E-state index in [1.807, 2.05) is 0 Å². The SMILES string of the molecule is C#CCNC(=O)c1ccc(-c2c3ccc(=N)c(S(=O)(=O)[O-])c-3oc3c(S(=O)(=O)[O-])c(N)ccc23)c(C(=O)O)c1. The molecule has 0 bridgehead atoms. The van der Waals surface area contributed by atoms with Crippen molar-refractivity contribution < 1.29 is 45.1 Å². The average molecular weight is 570 g/mol. The molecule has 39 heavy (non-hydrogen) atoms. The lowest BCUT2D eigenvalue weighted by atomic mass is 9.89. The number of aromatic carboxylic acids is 1. The Kier molecular flexibility index (Phi) is 6.67. The molecule has 0 unspecified atom stereocenters. The number of anilines is 1. The van der Waals surface area contributed by atoms with Gasteiger partial charge in [0, 0.05) is 22.1 Å². The quantitative estimate of drug-likeness (QED) is 0.111. The second kappa shape index (κ2) is 9.53. The van der Waals surface area contributed by atoms with E-state index in [0.29, 0.717) is 0 Å². The lowest BCUT2D eigenvalue weighted by Crippen LogP contribution is -2.23. The summed E-state index contributed by atoms with van der Waals surface area (Å²) >= 11 is 0. The van der Waals surface area contributed by atoms with Crippen LogP contribution in [0.2, 0.25) is 0 Å². The number of nitrogens with one attached hydrogen (secondary N) is 2. The molecule has 0 saturated carbocycles. The van der Waals surface area contributed by atoms with E-state index in [1.54, 1.807) is 0 Å². The van der Waals surface area contributed by atoms with E-state index in [4.69, 9.17) is 22.0 Å². The summed E-state index contributed by atoms with van der Waals surface area (Å²) in [6.45, 7) is -0.145. The highest BCUT2D eigenvalue weighted by atomic mass is 32.2. The summed E-state index contributed by atoms with van der Waals surface area (Å²) in [6, 6.07) is 7.76. The Balaban J connectivity index is 2.26. The van der Waals surface area contributed by atoms with Crippen molar-refractivity contribution in [2.24, 2.45) is 0 Å². The van der Waals surface area contributed by atoms with Gasteiger partial charge in [-0.15, -0.1) is 6.42 Å². The molecule has 2 aromatic rings. The molecule has 0 saturated heterocycles. The van der Waals surface area contributed by atoms with E-state index in [-0.39, 0.29) is 34.2 Å². The third-order valence-electron chi connectivity index (χ3n) is 5.63. The summed E-state index contributed by atoms with van der Waals surface area (Å²) in [5, 5.41) is 19.3. The van der Waals surface area contributed by atoms with Gasteiger partial charge in [0.1, 0.15) is 30.0 Å². The zero-order valence-corrected chi connectivity index (χ0v) is 21.0. The number of benzene rings is 3. The number of hydrogen-bond acceptors (Lipinski definition) is 11. The van der Waals surface area contributed by atoms with E-state index in [2.05, 4.69) is 11.2 Å². The number of hydrogen-bond donors (Lipinski definition) is 4. The van der Waals surface area contributed by atoms with Crippen LogP contribution in [-0.2, 0) is 20.2 Å². The van der Waals surface area contributed by atoms with Crippen molar-refractivity contribution in [3.63, 3.8) is 0 Å². The molecule has 13 nitrogen and oxygen atoms in total. The number of carboxylic acids is 1. The van der Waals surface area contributed by atoms with Crippen LogP contribution in [0.4, 0.5) is 5.69 Å². The van der Waals surface area contributed by atoms with E-state index < -0.39 is 69.9 Å². The number of nitrogen functional groups attached to an aromatic ring is 1. The van der Waals surface area contributed by atoms with Crippen LogP contribution in [0.1, 0.15) is 20.7 Å². The van der Waals surface area contributed by atoms with Gasteiger partial charge in [-0.3, -0.25) is 10.2 Å². The van der Waals surface area contributed by atoms with Gasteiger partial charge in [-0.05, 0) is 42.0 Å². The Morgan fingerprint density at radius 2 is 1.67 bits per heavy atom. The van der Waals surface area contributed by atoms with Crippen LogP contribution in [0.15, 0.2) is 56.7 Å². The van der Waals surface area contributed by atoms with E-state index in [1.165, 1.54) is 18.2 Å². The zero-order valence-electron chi connectivity index (χ0n) is 19.3. The molecule has 4 rings (SSSR count). The maximum atomic E-state index is 12.4. The summed E-state index contributed by atoms with van der Waals surface area (Å²) in [4.78, 5) is 22.4. The highest BCUT2D eigenvalue weighted by Crippen LogP contribution is 2.45. The number of rotatable bonds is 6. The minimum atomic E-state index is -5.41. The molecule has 1 amide bonds. The maximum Gasteiger partial charge on any atom is 0.336 e. The van der Waals surface area contributed by atoms with Gasteiger partial charge in [0.05, 0.1) is 23.2 Å². The fraction of sp³-hybridized carbons (Fsp3) is 0.0417. The fourth-order valence-electron chi connectivity index (χ4n) is 4.09. The number of amides is 1. The first-order valence-corrected chi connectivity index (χ1v) is 13.4. The summed E-state index contributed by atoms with van der Waals surface area (Å²) in [7, 11) is -10.8. The van der Waals surface area contributed by atoms with Crippen molar-refractivity contribution in [1.29, 1.82) is 5.41 Å². The highest BCUT2D eigenvalue weighted by Gasteiger charge is 2.29. The molecule has 0 radical (unpaired) electrons. The molecule has 1 aliphatic carbocycles. The van der Waals surface area contributed by atoms with Gasteiger partial charge >= 0.3 is 5.97 Å². The average Bonchev–Trinajstić information content (AvgIpc) is 2.83. The normalized spacial score (nSPS) is 11.8. The van der Waals surface area contributed by atoms with E-state index >= 15 is 0 Å². The standard InChI is InChI=1S/C24H17N3O10S2/c1-2-9-27-23(28)11-3-4-12(15(10-11)24(29)30)18-13-5-7-16(25)21(38(31,32)33)19(13)37-20-14(18)6-8-17(26)22(20)39(34,35)36/h1,3-8,10,25H,9,26H2,(H,27,28)(H,29,30)(H,31,32,33)(H,34,35,36)/p-2. The van der Waals surface area contributed by atoms with Gasteiger partial charge in [-0.1, -0.05) is 12.0 Å². The Hall–Kier alpha value is -4.75. The maximum absolute atomic E-state index is 12.4. The molecule has 0 atom stereocenters. The lowest BCUT2D eigenvalue weighted by molar-refractivity contribution is 0.0697. The molecule has 1 aliphatic heterocycles. The van der Waals surface area contributed by atoms with Gasteiger partial charge in [-0.25, -0.2) is 21.6 Å². The van der Waals surface area contributed by atoms with Crippen LogP contribution in [0.5, 0.6) is 0 Å². The Morgan fingerprint density at radius 3 is 2.26 bits per heavy atom. The molecule has 1 heterocycles. The third kappa shape index (κ3) is 4.80. The molecule has 0 spiro atoms. The highest BCUT2D eigenvalue weighted by molar-refractivity contribution is 7.86. The van der Waals surface area contributed by atoms with Crippen LogP contribution < -0.4 is 16.4 Å². The van der Waals surface area contributed by atoms with Crippen molar-refractivity contribution in [1.82, 2.24) is 5.32 Å². The molecule has 2 aliphatic rings. The van der Waals surface area contributed by atoms with Gasteiger partial charge < -0.3 is 29.7 Å². The van der Waals surface area contributed by atoms with Crippen molar-refractivity contribution in [2.75, 3.05) is 12.3 Å². The van der Waals surface area contributed by atoms with Gasteiger partial charge in [0.15, 0.2) is 11.3 Å². The minimum Gasteiger partial charge on any atom is -0.744 e. The summed E-state index contributed by atoms with van der Waals surface area (Å²) in [5.41, 5.74) is 3.22. The molecule has 5 N–H and O–H groups in total. The number of carbonyl (C=O) groups excluding carboxylic acids is 1. The minimum absolute atomic E-state index is 0.107. The van der Waals surface area contributed by atoms with Gasteiger partial charge in [-0.2, -0.15) is 0 Å². The summed E-state index contributed by atoms with van der Waals surface area (Å²) < 4.78 is 78.1. The predicted molar refractivity (Wildman–Crippen MR) is 133 cm³/mol. The van der Waals surface area contributed by atoms with Crippen LogP contribution in [0, 0.1) is 17.8 Å². The van der Waals surface area contributed by atoms with Crippen molar-refractivity contribution in [3.05, 3.63) is 58.9 Å². The second-order valence-electron chi connectivity index (χ2n) is 8.02. The van der Waals surface area contributed by atoms with Crippen molar-refractivity contribution in [3.8, 4) is 34.8 Å². The molecule has 15 heteroatoms. The first-order valence-electron chi connectivity index (χ1n) is 10.5. The van der Waals surface area contributed by atoms with Gasteiger partial charge in [0.25, 0.3) is 5.91 Å². The second-order valence-corrected chi connectivity index (χ2v) is 10.7. The van der Waals surface area contributed by atoms with E-state index in [0.717, 1.165) is 24.3 Å². The van der Waals surface area contributed by atoms with Gasteiger partial charge in [0.2, 0.25) is 0 Å². The first kappa shape index (κ1) is 27.3. The number of terminal acetylenes is 1. The molecule has 200 valence electrons. The number of carbonyl (C=O) groups is 2. The third-order valence-corrected chi connectivity index (χ3v) is 7.46. The monoisotopic (exact) mass is 569 g/mol. The number of carboxylic acid groups (broad SMARTS) is 1. The Labute approximate surface area is 220 Å². The smallest absolute Gasteiger partial charge is 0.336 e. The lowest BCUT2D eigenvalue weighted by Gasteiger charge is -2.22. The predicted octanol–water partition coefficient (Wildman–Crippen LogP) is 1.14. The zero-order chi connectivity index (χ0) is 28.9. The molecule has 2 aromatic carbocycles. The molecule has 0 aromatic heterocycles. The molecular formula is C24H15N3O10S2-2. The first-order chi connectivity index (χ1) is 18.2. The molecule has 0 fully saturated rings. The largest absolute Gasteiger partial charge is 0.744 e.